The van der Waals surface area contributed by atoms with Crippen LogP contribution in [0.4, 0.5) is 0 Å². The predicted molar refractivity (Wildman–Crippen MR) is 106 cm³/mol. The van der Waals surface area contributed by atoms with Gasteiger partial charge in [-0.2, -0.15) is 0 Å². The van der Waals surface area contributed by atoms with E-state index in [-0.39, 0.29) is 5.91 Å². The minimum Gasteiger partial charge on any atom is -0.361 e. The largest absolute Gasteiger partial charge is 0.361 e. The number of amides is 1. The zero-order chi connectivity index (χ0) is 17.8. The summed E-state index contributed by atoms with van der Waals surface area (Å²) < 4.78 is 0. The van der Waals surface area contributed by atoms with Gasteiger partial charge in [-0.1, -0.05) is 12.1 Å². The fourth-order valence-corrected chi connectivity index (χ4v) is 5.55. The molecule has 1 unspecified atom stereocenters. The first-order chi connectivity index (χ1) is 12.6. The standard InChI is InChI=1S/C20H24N4OS/c1-23-10-12(11-24-6-5-18(25)22-20(24)26)7-15-14-3-2-4-16-19(14)13(9-21-16)8-17(15)23/h2-4,9,12,15,17,21H,5-8,10-11H2,1H3,(H,22,25,26)/t12?,15-,17-/m1/s1. The Morgan fingerprint density at radius 3 is 3.08 bits per heavy atom. The fraction of sp³-hybridized carbons (Fsp3) is 0.500. The molecule has 2 aliphatic heterocycles. The molecule has 1 aliphatic carbocycles. The van der Waals surface area contributed by atoms with Gasteiger partial charge in [0.25, 0.3) is 0 Å². The van der Waals surface area contributed by atoms with Crippen molar-refractivity contribution in [3.8, 4) is 0 Å². The van der Waals surface area contributed by atoms with Crippen molar-refractivity contribution in [1.82, 2.24) is 20.1 Å². The maximum Gasteiger partial charge on any atom is 0.227 e. The Hall–Kier alpha value is -1.92. The number of hydrogen-bond acceptors (Lipinski definition) is 3. The number of benzene rings is 1. The molecule has 0 spiro atoms. The molecule has 0 radical (unpaired) electrons. The lowest BCUT2D eigenvalue weighted by Gasteiger charge is -2.47. The van der Waals surface area contributed by atoms with Gasteiger partial charge in [-0.25, -0.2) is 0 Å². The van der Waals surface area contributed by atoms with E-state index in [1.165, 1.54) is 28.5 Å². The van der Waals surface area contributed by atoms with Crippen LogP contribution in [-0.4, -0.2) is 58.5 Å². The molecule has 6 heteroatoms. The molecular weight excluding hydrogens is 344 g/mol. The van der Waals surface area contributed by atoms with E-state index in [0.717, 1.165) is 26.1 Å². The average Bonchev–Trinajstić information content (AvgIpc) is 3.03. The van der Waals surface area contributed by atoms with Gasteiger partial charge in [0.2, 0.25) is 5.91 Å². The number of piperidine rings is 1. The number of thiocarbonyl (C=S) groups is 1. The molecule has 0 bridgehead atoms. The lowest BCUT2D eigenvalue weighted by Crippen LogP contribution is -2.54. The molecule has 136 valence electrons. The Kier molecular flexibility index (Phi) is 3.79. The number of likely N-dealkylation sites (tertiary alicyclic amines) is 1. The highest BCUT2D eigenvalue weighted by Gasteiger charge is 2.40. The van der Waals surface area contributed by atoms with Crippen LogP contribution in [0.2, 0.25) is 0 Å². The molecule has 2 fully saturated rings. The number of aromatic nitrogens is 1. The third-order valence-electron chi connectivity index (χ3n) is 6.43. The van der Waals surface area contributed by atoms with Crippen LogP contribution in [0, 0.1) is 5.92 Å². The third-order valence-corrected chi connectivity index (χ3v) is 6.79. The van der Waals surface area contributed by atoms with E-state index in [1.54, 1.807) is 0 Å². The van der Waals surface area contributed by atoms with E-state index >= 15 is 0 Å². The van der Waals surface area contributed by atoms with Gasteiger partial charge in [-0.15, -0.1) is 0 Å². The Labute approximate surface area is 158 Å². The van der Waals surface area contributed by atoms with Crippen LogP contribution in [0.5, 0.6) is 0 Å². The van der Waals surface area contributed by atoms with Crippen LogP contribution in [0.3, 0.4) is 0 Å². The van der Waals surface area contributed by atoms with Gasteiger partial charge in [0.05, 0.1) is 0 Å². The third kappa shape index (κ3) is 2.55. The van der Waals surface area contributed by atoms with Crippen molar-refractivity contribution < 1.29 is 4.79 Å². The SMILES string of the molecule is CN1CC(CN2CCC(=O)NC2=S)C[C@@H]2c3cccc4[nH]cc(c34)C[C@H]21. The van der Waals surface area contributed by atoms with Gasteiger partial charge in [0.15, 0.2) is 5.11 Å². The maximum absolute atomic E-state index is 11.5. The summed E-state index contributed by atoms with van der Waals surface area (Å²) in [7, 11) is 2.26. The normalized spacial score (nSPS) is 29.0. The molecule has 3 heterocycles. The summed E-state index contributed by atoms with van der Waals surface area (Å²) in [4.78, 5) is 19.7. The van der Waals surface area contributed by atoms with Crippen LogP contribution in [0.15, 0.2) is 24.4 Å². The summed E-state index contributed by atoms with van der Waals surface area (Å²) in [6, 6.07) is 7.26. The van der Waals surface area contributed by atoms with Gasteiger partial charge in [-0.3, -0.25) is 4.79 Å². The number of aromatic amines is 1. The van der Waals surface area contributed by atoms with E-state index in [4.69, 9.17) is 12.2 Å². The van der Waals surface area contributed by atoms with Crippen LogP contribution >= 0.6 is 12.2 Å². The number of hydrogen-bond donors (Lipinski definition) is 2. The second kappa shape index (κ2) is 6.06. The molecule has 3 atom stereocenters. The number of H-pyrrole nitrogens is 1. The molecular formula is C20H24N4OS. The number of fused-ring (bicyclic) bond motifs is 2. The molecule has 2 aromatic rings. The van der Waals surface area contributed by atoms with Gasteiger partial charge in [-0.05, 0) is 55.2 Å². The molecule has 5 nitrogen and oxygen atoms in total. The van der Waals surface area contributed by atoms with Crippen molar-refractivity contribution in [2.75, 3.05) is 26.7 Å². The summed E-state index contributed by atoms with van der Waals surface area (Å²) in [6.07, 6.45) is 5.05. The Morgan fingerprint density at radius 1 is 1.35 bits per heavy atom. The highest BCUT2D eigenvalue weighted by atomic mass is 32.1. The van der Waals surface area contributed by atoms with E-state index in [1.807, 2.05) is 0 Å². The van der Waals surface area contributed by atoms with Crippen LogP contribution in [0.25, 0.3) is 10.9 Å². The maximum atomic E-state index is 11.5. The van der Waals surface area contributed by atoms with Crippen molar-refractivity contribution in [1.29, 1.82) is 0 Å². The van der Waals surface area contributed by atoms with Gasteiger partial charge < -0.3 is 20.1 Å². The summed E-state index contributed by atoms with van der Waals surface area (Å²) in [6.45, 7) is 2.77. The van der Waals surface area contributed by atoms with Gasteiger partial charge in [0, 0.05) is 55.1 Å². The fourth-order valence-electron chi connectivity index (χ4n) is 5.27. The minimum atomic E-state index is 0.0472. The highest BCUT2D eigenvalue weighted by Crippen LogP contribution is 2.44. The Balaban J connectivity index is 1.41. The zero-order valence-corrected chi connectivity index (χ0v) is 15.8. The number of carbonyl (C=O) groups excluding carboxylic acids is 1. The molecule has 0 saturated carbocycles. The van der Waals surface area contributed by atoms with Crippen LogP contribution < -0.4 is 5.32 Å². The molecule has 3 aliphatic rings. The van der Waals surface area contributed by atoms with Crippen molar-refractivity contribution in [3.63, 3.8) is 0 Å². The zero-order valence-electron chi connectivity index (χ0n) is 15.0. The molecule has 1 aromatic heterocycles. The second-order valence-electron chi connectivity index (χ2n) is 8.05. The van der Waals surface area contributed by atoms with Crippen molar-refractivity contribution in [3.05, 3.63) is 35.5 Å². The summed E-state index contributed by atoms with van der Waals surface area (Å²) in [5.74, 6) is 1.18. The average molecular weight is 369 g/mol. The number of likely N-dealkylation sites (N-methyl/N-ethyl adjacent to an activating group) is 1. The summed E-state index contributed by atoms with van der Waals surface area (Å²) in [5.41, 5.74) is 4.23. The van der Waals surface area contributed by atoms with E-state index < -0.39 is 0 Å². The first-order valence-electron chi connectivity index (χ1n) is 9.48. The van der Waals surface area contributed by atoms with E-state index in [2.05, 4.69) is 51.5 Å². The van der Waals surface area contributed by atoms with Crippen molar-refractivity contribution in [2.45, 2.75) is 31.2 Å². The summed E-state index contributed by atoms with van der Waals surface area (Å²) in [5, 5.41) is 4.86. The molecule has 1 aromatic carbocycles. The highest BCUT2D eigenvalue weighted by molar-refractivity contribution is 7.80. The molecule has 2 saturated heterocycles. The van der Waals surface area contributed by atoms with Gasteiger partial charge in [0.1, 0.15) is 0 Å². The van der Waals surface area contributed by atoms with E-state index in [9.17, 15) is 4.79 Å². The van der Waals surface area contributed by atoms with Crippen molar-refractivity contribution >= 4 is 34.1 Å². The minimum absolute atomic E-state index is 0.0472. The van der Waals surface area contributed by atoms with Crippen molar-refractivity contribution in [2.24, 2.45) is 5.92 Å². The quantitative estimate of drug-likeness (QED) is 0.799. The lowest BCUT2D eigenvalue weighted by molar-refractivity contribution is -0.120. The first-order valence-corrected chi connectivity index (χ1v) is 9.89. The van der Waals surface area contributed by atoms with Crippen LogP contribution in [0.1, 0.15) is 29.9 Å². The number of nitrogens with zero attached hydrogens (tertiary/aromatic N) is 2. The van der Waals surface area contributed by atoms with E-state index in [0.29, 0.717) is 29.4 Å². The lowest BCUT2D eigenvalue weighted by atomic mass is 9.72. The number of rotatable bonds is 2. The number of carbonyl (C=O) groups is 1. The summed E-state index contributed by atoms with van der Waals surface area (Å²) >= 11 is 5.39. The molecule has 26 heavy (non-hydrogen) atoms. The predicted octanol–water partition coefficient (Wildman–Crippen LogP) is 2.23. The topological polar surface area (TPSA) is 51.4 Å². The van der Waals surface area contributed by atoms with Crippen LogP contribution in [-0.2, 0) is 11.2 Å². The Bertz CT molecular complexity index is 891. The number of nitrogens with one attached hydrogen (secondary N) is 2. The molecule has 5 rings (SSSR count). The molecule has 1 amide bonds. The monoisotopic (exact) mass is 368 g/mol. The van der Waals surface area contributed by atoms with Gasteiger partial charge >= 0.3 is 0 Å². The smallest absolute Gasteiger partial charge is 0.227 e. The molecule has 2 N–H and O–H groups in total. The second-order valence-corrected chi connectivity index (χ2v) is 8.44. The first kappa shape index (κ1) is 16.3. The Morgan fingerprint density at radius 2 is 2.23 bits per heavy atom.